The number of hydrogen-bond acceptors (Lipinski definition) is 1. The number of nitrogens with one attached hydrogen (secondary N) is 1. The molecule has 1 N–H and O–H groups in total. The fraction of sp³-hybridized carbons (Fsp3) is 0.706. The van der Waals surface area contributed by atoms with Crippen molar-refractivity contribution in [3.8, 4) is 0 Å². The van der Waals surface area contributed by atoms with Crippen LogP contribution in [0.3, 0.4) is 0 Å². The molecule has 1 amide bonds. The van der Waals surface area contributed by atoms with Crippen LogP contribution in [0.2, 0.25) is 0 Å². The summed E-state index contributed by atoms with van der Waals surface area (Å²) in [4.78, 5) is 12.5. The average Bonchev–Trinajstić information content (AvgIpc) is 2.26. The predicted molar refractivity (Wildman–Crippen MR) is 79.7 cm³/mol. The van der Waals surface area contributed by atoms with Gasteiger partial charge in [-0.15, -0.1) is 0 Å². The molecule has 2 nitrogen and oxygen atoms in total. The van der Waals surface area contributed by atoms with Crippen molar-refractivity contribution in [2.24, 2.45) is 23.7 Å². The Balaban J connectivity index is 2.24. The predicted octanol–water partition coefficient (Wildman–Crippen LogP) is 3.70. The molecule has 106 valence electrons. The zero-order valence-corrected chi connectivity index (χ0v) is 13.1. The lowest BCUT2D eigenvalue weighted by Crippen LogP contribution is -2.45. The van der Waals surface area contributed by atoms with Crippen molar-refractivity contribution in [2.45, 2.75) is 53.5 Å². The van der Waals surface area contributed by atoms with Gasteiger partial charge in [0.15, 0.2) is 0 Å². The molecule has 0 saturated carbocycles. The molecule has 3 aliphatic rings. The van der Waals surface area contributed by atoms with E-state index in [-0.39, 0.29) is 11.4 Å². The number of carbonyl (C=O) groups excluding carboxylic acids is 1. The summed E-state index contributed by atoms with van der Waals surface area (Å²) in [6.45, 7) is 12.8. The Labute approximate surface area is 117 Å². The Bertz CT molecular complexity index is 437. The summed E-state index contributed by atoms with van der Waals surface area (Å²) < 4.78 is 0. The van der Waals surface area contributed by atoms with Crippen molar-refractivity contribution >= 4 is 5.91 Å². The summed E-state index contributed by atoms with van der Waals surface area (Å²) in [6.07, 6.45) is 5.74. The topological polar surface area (TPSA) is 29.1 Å². The summed E-state index contributed by atoms with van der Waals surface area (Å²) in [7, 11) is 0. The fourth-order valence-corrected chi connectivity index (χ4v) is 3.33. The number of rotatable bonds is 2. The summed E-state index contributed by atoms with van der Waals surface area (Å²) in [5.74, 6) is 2.14. The number of amides is 1. The van der Waals surface area contributed by atoms with Crippen molar-refractivity contribution in [3.05, 3.63) is 23.3 Å². The molecule has 0 aromatic rings. The van der Waals surface area contributed by atoms with Crippen molar-refractivity contribution in [1.82, 2.24) is 5.32 Å². The second-order valence-electron chi connectivity index (χ2n) is 7.51. The average molecular weight is 261 g/mol. The van der Waals surface area contributed by atoms with Crippen molar-refractivity contribution in [1.29, 1.82) is 0 Å². The molecule has 0 aliphatic heterocycles. The van der Waals surface area contributed by atoms with Gasteiger partial charge in [-0.3, -0.25) is 4.79 Å². The number of allylic oxidation sites excluding steroid dienone is 3. The van der Waals surface area contributed by atoms with Crippen LogP contribution in [-0.4, -0.2) is 11.4 Å². The second kappa shape index (κ2) is 4.81. The van der Waals surface area contributed by atoms with E-state index in [9.17, 15) is 4.79 Å². The first-order valence-electron chi connectivity index (χ1n) is 7.41. The first-order valence-corrected chi connectivity index (χ1v) is 7.41. The zero-order chi connectivity index (χ0) is 14.4. The number of hydrogen-bond donors (Lipinski definition) is 1. The Hall–Kier alpha value is -1.05. The van der Waals surface area contributed by atoms with E-state index in [0.29, 0.717) is 23.7 Å². The summed E-state index contributed by atoms with van der Waals surface area (Å²) >= 11 is 0. The van der Waals surface area contributed by atoms with E-state index in [0.717, 1.165) is 5.57 Å². The minimum atomic E-state index is -0.166. The minimum absolute atomic E-state index is 0.122. The van der Waals surface area contributed by atoms with E-state index in [1.807, 2.05) is 20.8 Å². The second-order valence-corrected chi connectivity index (χ2v) is 7.51. The van der Waals surface area contributed by atoms with Gasteiger partial charge in [0.1, 0.15) is 0 Å². The van der Waals surface area contributed by atoms with Gasteiger partial charge in [-0.2, -0.15) is 0 Å². The molecular weight excluding hydrogens is 234 g/mol. The number of fused-ring (bicyclic) bond motifs is 1. The highest BCUT2D eigenvalue weighted by atomic mass is 16.1. The monoisotopic (exact) mass is 261 g/mol. The molecule has 19 heavy (non-hydrogen) atoms. The smallest absolute Gasteiger partial charge is 0.247 e. The third kappa shape index (κ3) is 2.93. The van der Waals surface area contributed by atoms with Crippen molar-refractivity contribution in [3.63, 3.8) is 0 Å². The SMILES string of the molecule is CC1=CC2C(C(=O)NC(C)(C)C)=CC1CC2C(C)C. The summed E-state index contributed by atoms with van der Waals surface area (Å²) in [6, 6.07) is 0. The molecule has 3 aliphatic carbocycles. The van der Waals surface area contributed by atoms with Crippen LogP contribution in [0.15, 0.2) is 23.3 Å². The molecule has 0 saturated heterocycles. The fourth-order valence-electron chi connectivity index (χ4n) is 3.33. The van der Waals surface area contributed by atoms with Crippen molar-refractivity contribution < 1.29 is 4.79 Å². The van der Waals surface area contributed by atoms with Gasteiger partial charge in [0.05, 0.1) is 0 Å². The Morgan fingerprint density at radius 2 is 1.95 bits per heavy atom. The van der Waals surface area contributed by atoms with Crippen LogP contribution in [0.5, 0.6) is 0 Å². The van der Waals surface area contributed by atoms with Crippen LogP contribution in [-0.2, 0) is 4.79 Å². The molecule has 3 atom stereocenters. The first kappa shape index (κ1) is 14.4. The lowest BCUT2D eigenvalue weighted by Gasteiger charge is -2.42. The largest absolute Gasteiger partial charge is 0.348 e. The van der Waals surface area contributed by atoms with Crippen LogP contribution >= 0.6 is 0 Å². The van der Waals surface area contributed by atoms with Gasteiger partial charge in [0, 0.05) is 17.0 Å². The van der Waals surface area contributed by atoms with Gasteiger partial charge in [-0.05, 0) is 51.9 Å². The normalized spacial score (nSPS) is 30.2. The summed E-state index contributed by atoms with van der Waals surface area (Å²) in [5.41, 5.74) is 2.27. The van der Waals surface area contributed by atoms with Crippen LogP contribution < -0.4 is 5.32 Å². The molecule has 0 radical (unpaired) electrons. The molecule has 0 aromatic carbocycles. The highest BCUT2D eigenvalue weighted by molar-refractivity contribution is 5.95. The maximum atomic E-state index is 12.5. The van der Waals surface area contributed by atoms with E-state index in [1.54, 1.807) is 0 Å². The molecule has 0 spiro atoms. The van der Waals surface area contributed by atoms with E-state index in [2.05, 4.69) is 38.2 Å². The van der Waals surface area contributed by atoms with Crippen LogP contribution in [0.1, 0.15) is 48.0 Å². The molecule has 2 heteroatoms. The van der Waals surface area contributed by atoms with E-state index in [1.165, 1.54) is 12.0 Å². The maximum absolute atomic E-state index is 12.5. The zero-order valence-electron chi connectivity index (χ0n) is 13.1. The maximum Gasteiger partial charge on any atom is 0.247 e. The van der Waals surface area contributed by atoms with Crippen LogP contribution in [0, 0.1) is 23.7 Å². The van der Waals surface area contributed by atoms with Gasteiger partial charge in [-0.25, -0.2) is 0 Å². The Kier molecular flexibility index (Phi) is 3.63. The molecule has 3 rings (SSSR count). The van der Waals surface area contributed by atoms with Crippen LogP contribution in [0.4, 0.5) is 0 Å². The highest BCUT2D eigenvalue weighted by Gasteiger charge is 2.40. The van der Waals surface area contributed by atoms with Gasteiger partial charge in [0.2, 0.25) is 5.91 Å². The van der Waals surface area contributed by atoms with Gasteiger partial charge in [-0.1, -0.05) is 31.6 Å². The Morgan fingerprint density at radius 3 is 2.42 bits per heavy atom. The minimum Gasteiger partial charge on any atom is -0.348 e. The number of carbonyl (C=O) groups is 1. The molecule has 0 heterocycles. The first-order chi connectivity index (χ1) is 8.69. The standard InChI is InChI=1S/C17H27NO/c1-10(2)13-8-12-9-15(14(13)7-11(12)3)16(19)18-17(4,5)6/h7,9-10,12-14H,8H2,1-6H3,(H,18,19). The van der Waals surface area contributed by atoms with E-state index >= 15 is 0 Å². The summed E-state index contributed by atoms with van der Waals surface area (Å²) in [5, 5.41) is 3.11. The Morgan fingerprint density at radius 1 is 1.32 bits per heavy atom. The molecular formula is C17H27NO. The third-order valence-corrected chi connectivity index (χ3v) is 4.36. The van der Waals surface area contributed by atoms with E-state index < -0.39 is 0 Å². The molecule has 3 unspecified atom stereocenters. The molecule has 0 aromatic heterocycles. The highest BCUT2D eigenvalue weighted by Crippen LogP contribution is 2.46. The van der Waals surface area contributed by atoms with Crippen molar-refractivity contribution in [2.75, 3.05) is 0 Å². The van der Waals surface area contributed by atoms with Gasteiger partial charge < -0.3 is 5.32 Å². The van der Waals surface area contributed by atoms with Gasteiger partial charge >= 0.3 is 0 Å². The molecule has 2 bridgehead atoms. The van der Waals surface area contributed by atoms with E-state index in [4.69, 9.17) is 0 Å². The third-order valence-electron chi connectivity index (χ3n) is 4.36. The van der Waals surface area contributed by atoms with Crippen LogP contribution in [0.25, 0.3) is 0 Å². The lowest BCUT2D eigenvalue weighted by molar-refractivity contribution is -0.119. The molecule has 0 fully saturated rings. The quantitative estimate of drug-likeness (QED) is 0.755. The lowest BCUT2D eigenvalue weighted by atomic mass is 9.63. The van der Waals surface area contributed by atoms with Gasteiger partial charge in [0.25, 0.3) is 0 Å².